The van der Waals surface area contributed by atoms with Crippen molar-refractivity contribution in [2.24, 2.45) is 0 Å². The molecule has 0 atom stereocenters. The highest BCUT2D eigenvalue weighted by Crippen LogP contribution is 2.25. The minimum absolute atomic E-state index is 0.0544. The van der Waals surface area contributed by atoms with Gasteiger partial charge in [-0.15, -0.1) is 11.3 Å². The fourth-order valence-corrected chi connectivity index (χ4v) is 3.26. The molecule has 0 radical (unpaired) electrons. The Hall–Kier alpha value is -3.06. The molecule has 0 saturated heterocycles. The summed E-state index contributed by atoms with van der Waals surface area (Å²) in [6.07, 6.45) is 0.116. The smallest absolute Gasteiger partial charge is 0.271 e. The number of carbonyl (C=O) groups is 1. The third-order valence-corrected chi connectivity index (χ3v) is 4.84. The summed E-state index contributed by atoms with van der Waals surface area (Å²) in [6, 6.07) is 12.5. The van der Waals surface area contributed by atoms with E-state index in [2.05, 4.69) is 10.3 Å². The normalized spacial score (nSPS) is 10.5. The lowest BCUT2D eigenvalue weighted by Crippen LogP contribution is -2.15. The Bertz CT molecular complexity index is 964. The molecule has 0 aliphatic heterocycles. The standard InChI is InChI=1S/C19H17N3O3S/c1-12-3-6-14(7-4-12)19-20-15(11-26-19)9-18(23)21-17-10-16(22(24)25)8-5-13(17)2/h3-8,10-11H,9H2,1-2H3,(H,21,23). The number of rotatable bonds is 5. The van der Waals surface area contributed by atoms with Crippen molar-refractivity contribution in [1.29, 1.82) is 0 Å². The zero-order valence-electron chi connectivity index (χ0n) is 14.4. The monoisotopic (exact) mass is 367 g/mol. The van der Waals surface area contributed by atoms with Gasteiger partial charge in [0.15, 0.2) is 0 Å². The molecule has 3 rings (SSSR count). The first kappa shape index (κ1) is 17.8. The van der Waals surface area contributed by atoms with E-state index in [1.54, 1.807) is 13.0 Å². The largest absolute Gasteiger partial charge is 0.325 e. The fraction of sp³-hybridized carbons (Fsp3) is 0.158. The average molecular weight is 367 g/mol. The lowest BCUT2D eigenvalue weighted by Gasteiger charge is -2.07. The average Bonchev–Trinajstić information content (AvgIpc) is 3.05. The lowest BCUT2D eigenvalue weighted by atomic mass is 10.1. The van der Waals surface area contributed by atoms with Gasteiger partial charge in [0.05, 0.1) is 22.7 Å². The topological polar surface area (TPSA) is 85.1 Å². The van der Waals surface area contributed by atoms with Crippen LogP contribution in [-0.4, -0.2) is 15.8 Å². The molecule has 1 N–H and O–H groups in total. The molecular weight excluding hydrogens is 350 g/mol. The lowest BCUT2D eigenvalue weighted by molar-refractivity contribution is -0.384. The Morgan fingerprint density at radius 3 is 2.62 bits per heavy atom. The Morgan fingerprint density at radius 2 is 1.92 bits per heavy atom. The minimum Gasteiger partial charge on any atom is -0.325 e. The second-order valence-corrected chi connectivity index (χ2v) is 6.85. The summed E-state index contributed by atoms with van der Waals surface area (Å²) in [6.45, 7) is 3.81. The Kier molecular flexibility index (Phi) is 5.09. The molecule has 0 unspecified atom stereocenters. The van der Waals surface area contributed by atoms with Gasteiger partial charge in [-0.2, -0.15) is 0 Å². The van der Waals surface area contributed by atoms with E-state index in [0.29, 0.717) is 11.4 Å². The van der Waals surface area contributed by atoms with Crippen molar-refractivity contribution in [3.05, 3.63) is 74.8 Å². The Morgan fingerprint density at radius 1 is 1.19 bits per heavy atom. The summed E-state index contributed by atoms with van der Waals surface area (Å²) in [7, 11) is 0. The molecular formula is C19H17N3O3S. The van der Waals surface area contributed by atoms with Crippen LogP contribution in [0.15, 0.2) is 47.8 Å². The van der Waals surface area contributed by atoms with Crippen molar-refractivity contribution in [2.45, 2.75) is 20.3 Å². The van der Waals surface area contributed by atoms with Gasteiger partial charge in [-0.1, -0.05) is 35.9 Å². The third-order valence-electron chi connectivity index (χ3n) is 3.90. The van der Waals surface area contributed by atoms with E-state index in [9.17, 15) is 14.9 Å². The Labute approximate surface area is 154 Å². The van der Waals surface area contributed by atoms with E-state index in [1.165, 1.54) is 29.0 Å². The van der Waals surface area contributed by atoms with Crippen LogP contribution in [0.2, 0.25) is 0 Å². The molecule has 0 aliphatic carbocycles. The summed E-state index contributed by atoms with van der Waals surface area (Å²) in [5.41, 5.74) is 4.02. The second-order valence-electron chi connectivity index (χ2n) is 5.99. The molecule has 0 aliphatic rings. The predicted molar refractivity (Wildman–Crippen MR) is 102 cm³/mol. The van der Waals surface area contributed by atoms with Gasteiger partial charge in [-0.25, -0.2) is 4.98 Å². The first-order valence-electron chi connectivity index (χ1n) is 7.99. The van der Waals surface area contributed by atoms with Crippen molar-refractivity contribution in [1.82, 2.24) is 4.98 Å². The van der Waals surface area contributed by atoms with E-state index in [1.807, 2.05) is 36.6 Å². The van der Waals surface area contributed by atoms with Crippen LogP contribution in [0.5, 0.6) is 0 Å². The van der Waals surface area contributed by atoms with Gasteiger partial charge in [-0.3, -0.25) is 14.9 Å². The van der Waals surface area contributed by atoms with Gasteiger partial charge in [0.25, 0.3) is 5.69 Å². The first-order valence-corrected chi connectivity index (χ1v) is 8.86. The molecule has 7 heteroatoms. The zero-order chi connectivity index (χ0) is 18.7. The predicted octanol–water partition coefficient (Wildman–Crippen LogP) is 4.52. The maximum absolute atomic E-state index is 12.3. The van der Waals surface area contributed by atoms with E-state index < -0.39 is 4.92 Å². The minimum atomic E-state index is -0.483. The number of thiazole rings is 1. The van der Waals surface area contributed by atoms with Crippen LogP contribution in [0.3, 0.4) is 0 Å². The van der Waals surface area contributed by atoms with Crippen LogP contribution >= 0.6 is 11.3 Å². The second kappa shape index (κ2) is 7.45. The van der Waals surface area contributed by atoms with E-state index in [4.69, 9.17) is 0 Å². The van der Waals surface area contributed by atoms with E-state index in [0.717, 1.165) is 16.1 Å². The van der Waals surface area contributed by atoms with Gasteiger partial charge in [0.1, 0.15) is 5.01 Å². The highest BCUT2D eigenvalue weighted by atomic mass is 32.1. The van der Waals surface area contributed by atoms with Crippen LogP contribution < -0.4 is 5.32 Å². The van der Waals surface area contributed by atoms with Crippen molar-refractivity contribution >= 4 is 28.6 Å². The summed E-state index contributed by atoms with van der Waals surface area (Å²) in [4.78, 5) is 27.2. The number of nitrogens with zero attached hydrogens (tertiary/aromatic N) is 2. The van der Waals surface area contributed by atoms with Gasteiger partial charge in [0, 0.05) is 23.1 Å². The molecule has 1 heterocycles. The molecule has 1 aromatic heterocycles. The number of benzene rings is 2. The molecule has 0 bridgehead atoms. The van der Waals surface area contributed by atoms with Crippen LogP contribution in [0, 0.1) is 24.0 Å². The third kappa shape index (κ3) is 4.12. The highest BCUT2D eigenvalue weighted by molar-refractivity contribution is 7.13. The molecule has 2 aromatic carbocycles. The number of amides is 1. The number of carbonyl (C=O) groups excluding carboxylic acids is 1. The number of anilines is 1. The molecule has 0 spiro atoms. The maximum atomic E-state index is 12.3. The Balaban J connectivity index is 1.70. The van der Waals surface area contributed by atoms with Crippen LogP contribution in [0.25, 0.3) is 10.6 Å². The number of hydrogen-bond acceptors (Lipinski definition) is 5. The molecule has 26 heavy (non-hydrogen) atoms. The number of nitro benzene ring substituents is 1. The SMILES string of the molecule is Cc1ccc(-c2nc(CC(=O)Nc3cc([N+](=O)[O-])ccc3C)cs2)cc1. The molecule has 0 fully saturated rings. The summed E-state index contributed by atoms with van der Waals surface area (Å²) >= 11 is 1.49. The molecule has 132 valence electrons. The molecule has 3 aromatic rings. The quantitative estimate of drug-likeness (QED) is 0.531. The summed E-state index contributed by atoms with van der Waals surface area (Å²) in [5, 5.41) is 16.3. The van der Waals surface area contributed by atoms with Crippen LogP contribution in [-0.2, 0) is 11.2 Å². The highest BCUT2D eigenvalue weighted by Gasteiger charge is 2.13. The number of aryl methyl sites for hydroxylation is 2. The van der Waals surface area contributed by atoms with Crippen LogP contribution in [0.1, 0.15) is 16.8 Å². The van der Waals surface area contributed by atoms with Crippen molar-refractivity contribution < 1.29 is 9.72 Å². The molecule has 0 saturated carbocycles. The number of aromatic nitrogens is 1. The summed E-state index contributed by atoms with van der Waals surface area (Å²) < 4.78 is 0. The summed E-state index contributed by atoms with van der Waals surface area (Å²) in [5.74, 6) is -0.255. The van der Waals surface area contributed by atoms with Crippen molar-refractivity contribution in [3.8, 4) is 10.6 Å². The van der Waals surface area contributed by atoms with Crippen LogP contribution in [0.4, 0.5) is 11.4 Å². The van der Waals surface area contributed by atoms with Gasteiger partial charge in [0.2, 0.25) is 5.91 Å². The maximum Gasteiger partial charge on any atom is 0.271 e. The van der Waals surface area contributed by atoms with Gasteiger partial charge in [-0.05, 0) is 19.4 Å². The first-order chi connectivity index (χ1) is 12.4. The van der Waals surface area contributed by atoms with E-state index >= 15 is 0 Å². The molecule has 6 nitrogen and oxygen atoms in total. The number of hydrogen-bond donors (Lipinski definition) is 1. The number of nitrogens with one attached hydrogen (secondary N) is 1. The zero-order valence-corrected chi connectivity index (χ0v) is 15.2. The van der Waals surface area contributed by atoms with Gasteiger partial charge >= 0.3 is 0 Å². The number of nitro groups is 1. The molecule has 1 amide bonds. The van der Waals surface area contributed by atoms with Crippen molar-refractivity contribution in [3.63, 3.8) is 0 Å². The number of non-ortho nitro benzene ring substituents is 1. The van der Waals surface area contributed by atoms with Gasteiger partial charge < -0.3 is 5.32 Å². The fourth-order valence-electron chi connectivity index (χ4n) is 2.43. The van der Waals surface area contributed by atoms with Crippen molar-refractivity contribution in [2.75, 3.05) is 5.32 Å². The van der Waals surface area contributed by atoms with E-state index in [-0.39, 0.29) is 18.0 Å².